The number of nitrogens with two attached hydrogens (primary N) is 1. The van der Waals surface area contributed by atoms with E-state index in [1.807, 2.05) is 0 Å². The molecule has 0 spiro atoms. The minimum atomic E-state index is 0.366. The normalized spacial score (nSPS) is 14.9. The standard InChI is InChI=1S/C15H26N2/c1-4-13(5-2)15(11-16)17-12(3)14-9-7-6-8-10-14/h6-10,12-13,15,17H,4-5,11,16H2,1-3H3. The fourth-order valence-corrected chi connectivity index (χ4v) is 2.41. The molecule has 2 atom stereocenters. The first-order chi connectivity index (χ1) is 8.22. The second-order valence-corrected chi connectivity index (χ2v) is 4.72. The Balaban J connectivity index is 2.62. The van der Waals surface area contributed by atoms with Crippen LogP contribution in [0.2, 0.25) is 0 Å². The lowest BCUT2D eigenvalue weighted by molar-refractivity contribution is 0.316. The molecule has 2 heteroatoms. The topological polar surface area (TPSA) is 38.0 Å². The lowest BCUT2D eigenvalue weighted by Crippen LogP contribution is -2.43. The quantitative estimate of drug-likeness (QED) is 0.761. The zero-order valence-electron chi connectivity index (χ0n) is 11.3. The first-order valence-corrected chi connectivity index (χ1v) is 6.73. The van der Waals surface area contributed by atoms with Gasteiger partial charge in [0.25, 0.3) is 0 Å². The van der Waals surface area contributed by atoms with Gasteiger partial charge in [0, 0.05) is 18.6 Å². The predicted molar refractivity (Wildman–Crippen MR) is 74.9 cm³/mol. The Hall–Kier alpha value is -0.860. The molecule has 0 aliphatic rings. The summed E-state index contributed by atoms with van der Waals surface area (Å²) in [7, 11) is 0. The summed E-state index contributed by atoms with van der Waals surface area (Å²) in [5.41, 5.74) is 7.22. The fourth-order valence-electron chi connectivity index (χ4n) is 2.41. The van der Waals surface area contributed by atoms with E-state index in [4.69, 9.17) is 5.73 Å². The van der Waals surface area contributed by atoms with E-state index in [0.29, 0.717) is 24.5 Å². The smallest absolute Gasteiger partial charge is 0.0294 e. The van der Waals surface area contributed by atoms with Crippen molar-refractivity contribution in [2.24, 2.45) is 11.7 Å². The molecule has 0 heterocycles. The van der Waals surface area contributed by atoms with Crippen LogP contribution in [-0.2, 0) is 0 Å². The fraction of sp³-hybridized carbons (Fsp3) is 0.600. The van der Waals surface area contributed by atoms with E-state index in [-0.39, 0.29) is 0 Å². The van der Waals surface area contributed by atoms with Gasteiger partial charge in [-0.1, -0.05) is 57.0 Å². The van der Waals surface area contributed by atoms with Crippen LogP contribution in [0.3, 0.4) is 0 Å². The van der Waals surface area contributed by atoms with Crippen molar-refractivity contribution in [3.05, 3.63) is 35.9 Å². The molecule has 17 heavy (non-hydrogen) atoms. The first-order valence-electron chi connectivity index (χ1n) is 6.73. The maximum atomic E-state index is 5.89. The van der Waals surface area contributed by atoms with E-state index < -0.39 is 0 Å². The summed E-state index contributed by atoms with van der Waals surface area (Å²) in [5, 5.41) is 3.66. The highest BCUT2D eigenvalue weighted by Crippen LogP contribution is 2.18. The van der Waals surface area contributed by atoms with Crippen LogP contribution >= 0.6 is 0 Å². The van der Waals surface area contributed by atoms with Crippen LogP contribution in [0, 0.1) is 5.92 Å². The van der Waals surface area contributed by atoms with E-state index in [1.165, 1.54) is 18.4 Å². The SMILES string of the molecule is CCC(CC)C(CN)NC(C)c1ccccc1. The molecule has 0 amide bonds. The third kappa shape index (κ3) is 4.14. The van der Waals surface area contributed by atoms with Gasteiger partial charge in [-0.05, 0) is 18.4 Å². The molecule has 1 aromatic carbocycles. The summed E-state index contributed by atoms with van der Waals surface area (Å²) in [5.74, 6) is 0.672. The molecule has 2 nitrogen and oxygen atoms in total. The van der Waals surface area contributed by atoms with Crippen molar-refractivity contribution >= 4 is 0 Å². The maximum Gasteiger partial charge on any atom is 0.0294 e. The van der Waals surface area contributed by atoms with Gasteiger partial charge in [-0.3, -0.25) is 0 Å². The highest BCUT2D eigenvalue weighted by molar-refractivity contribution is 5.18. The van der Waals surface area contributed by atoms with Crippen molar-refractivity contribution < 1.29 is 0 Å². The zero-order valence-corrected chi connectivity index (χ0v) is 11.3. The number of hydrogen-bond donors (Lipinski definition) is 2. The molecule has 0 aliphatic heterocycles. The highest BCUT2D eigenvalue weighted by atomic mass is 15.0. The molecular weight excluding hydrogens is 208 g/mol. The average molecular weight is 234 g/mol. The van der Waals surface area contributed by atoms with Gasteiger partial charge >= 0.3 is 0 Å². The van der Waals surface area contributed by atoms with Gasteiger partial charge in [-0.25, -0.2) is 0 Å². The summed E-state index contributed by atoms with van der Waals surface area (Å²) in [4.78, 5) is 0. The van der Waals surface area contributed by atoms with E-state index in [2.05, 4.69) is 56.4 Å². The third-order valence-corrected chi connectivity index (χ3v) is 3.64. The Kier molecular flexibility index (Phi) is 6.23. The third-order valence-electron chi connectivity index (χ3n) is 3.64. The maximum absolute atomic E-state index is 5.89. The molecule has 0 saturated heterocycles. The van der Waals surface area contributed by atoms with Crippen molar-refractivity contribution in [1.82, 2.24) is 5.32 Å². The Bertz CT molecular complexity index is 293. The summed E-state index contributed by atoms with van der Waals surface area (Å²) >= 11 is 0. The van der Waals surface area contributed by atoms with Gasteiger partial charge in [0.05, 0.1) is 0 Å². The van der Waals surface area contributed by atoms with Crippen LogP contribution in [-0.4, -0.2) is 12.6 Å². The molecule has 0 bridgehead atoms. The molecular formula is C15H26N2. The van der Waals surface area contributed by atoms with E-state index in [0.717, 1.165) is 0 Å². The monoisotopic (exact) mass is 234 g/mol. The Labute approximate surface area is 106 Å². The predicted octanol–water partition coefficient (Wildman–Crippen LogP) is 3.10. The lowest BCUT2D eigenvalue weighted by atomic mass is 9.93. The van der Waals surface area contributed by atoms with Gasteiger partial charge in [0.2, 0.25) is 0 Å². The molecule has 0 aromatic heterocycles. The van der Waals surface area contributed by atoms with Crippen LogP contribution < -0.4 is 11.1 Å². The molecule has 96 valence electrons. The molecule has 2 unspecified atom stereocenters. The minimum absolute atomic E-state index is 0.366. The van der Waals surface area contributed by atoms with Crippen molar-refractivity contribution in [3.63, 3.8) is 0 Å². The number of benzene rings is 1. The largest absolute Gasteiger partial charge is 0.329 e. The summed E-state index contributed by atoms with van der Waals surface area (Å²) in [6, 6.07) is 11.3. The molecule has 3 N–H and O–H groups in total. The number of hydrogen-bond acceptors (Lipinski definition) is 2. The van der Waals surface area contributed by atoms with E-state index in [9.17, 15) is 0 Å². The van der Waals surface area contributed by atoms with Crippen molar-refractivity contribution in [2.45, 2.75) is 45.7 Å². The Morgan fingerprint density at radius 2 is 1.71 bits per heavy atom. The highest BCUT2D eigenvalue weighted by Gasteiger charge is 2.19. The Morgan fingerprint density at radius 1 is 1.12 bits per heavy atom. The summed E-state index contributed by atoms with van der Waals surface area (Å²) in [6.07, 6.45) is 2.37. The van der Waals surface area contributed by atoms with Crippen LogP contribution in [0.1, 0.15) is 45.2 Å². The van der Waals surface area contributed by atoms with Crippen molar-refractivity contribution in [1.29, 1.82) is 0 Å². The number of nitrogens with one attached hydrogen (secondary N) is 1. The average Bonchev–Trinajstić information content (AvgIpc) is 2.39. The second kappa shape index (κ2) is 7.46. The van der Waals surface area contributed by atoms with Gasteiger partial charge in [-0.2, -0.15) is 0 Å². The van der Waals surface area contributed by atoms with Crippen LogP contribution in [0.25, 0.3) is 0 Å². The first kappa shape index (κ1) is 14.2. The molecule has 1 rings (SSSR count). The van der Waals surface area contributed by atoms with E-state index >= 15 is 0 Å². The summed E-state index contributed by atoms with van der Waals surface area (Å²) in [6.45, 7) is 7.40. The van der Waals surface area contributed by atoms with Crippen molar-refractivity contribution in [2.75, 3.05) is 6.54 Å². The lowest BCUT2D eigenvalue weighted by Gasteiger charge is -2.28. The Morgan fingerprint density at radius 3 is 2.18 bits per heavy atom. The van der Waals surface area contributed by atoms with Crippen LogP contribution in [0.15, 0.2) is 30.3 Å². The van der Waals surface area contributed by atoms with Crippen LogP contribution in [0.4, 0.5) is 0 Å². The van der Waals surface area contributed by atoms with Gasteiger partial charge in [-0.15, -0.1) is 0 Å². The van der Waals surface area contributed by atoms with Crippen LogP contribution in [0.5, 0.6) is 0 Å². The second-order valence-electron chi connectivity index (χ2n) is 4.72. The molecule has 1 aromatic rings. The number of rotatable bonds is 7. The van der Waals surface area contributed by atoms with Crippen molar-refractivity contribution in [3.8, 4) is 0 Å². The minimum Gasteiger partial charge on any atom is -0.329 e. The van der Waals surface area contributed by atoms with Gasteiger partial charge < -0.3 is 11.1 Å². The molecule has 0 radical (unpaired) electrons. The molecule has 0 aliphatic carbocycles. The summed E-state index contributed by atoms with van der Waals surface area (Å²) < 4.78 is 0. The van der Waals surface area contributed by atoms with Gasteiger partial charge in [0.15, 0.2) is 0 Å². The van der Waals surface area contributed by atoms with Gasteiger partial charge in [0.1, 0.15) is 0 Å². The zero-order chi connectivity index (χ0) is 12.7. The molecule has 0 fully saturated rings. The molecule has 0 saturated carbocycles. The van der Waals surface area contributed by atoms with E-state index in [1.54, 1.807) is 0 Å².